The summed E-state index contributed by atoms with van der Waals surface area (Å²) in [4.78, 5) is 0.230. The number of aliphatic hydroxyl groups excluding tert-OH is 1. The number of hydrogen-bond donors (Lipinski definition) is 1. The van der Waals surface area contributed by atoms with Gasteiger partial charge in [-0.15, -0.1) is 0 Å². The minimum Gasteiger partial charge on any atom is -0.392 e. The van der Waals surface area contributed by atoms with E-state index in [1.54, 1.807) is 25.2 Å². The van der Waals surface area contributed by atoms with Crippen LogP contribution in [0.3, 0.4) is 0 Å². The molecule has 1 N–H and O–H groups in total. The highest BCUT2D eigenvalue weighted by atomic mass is 32.2. The third-order valence-electron chi connectivity index (χ3n) is 3.46. The van der Waals surface area contributed by atoms with E-state index in [1.165, 1.54) is 10.4 Å². The van der Waals surface area contributed by atoms with E-state index >= 15 is 0 Å². The first-order valence-electron chi connectivity index (χ1n) is 6.31. The van der Waals surface area contributed by atoms with Crippen molar-refractivity contribution in [2.45, 2.75) is 30.4 Å². The smallest absolute Gasteiger partial charge is 0.243 e. The molecule has 106 valence electrons. The number of rotatable bonds is 4. The Balaban J connectivity index is 2.24. The van der Waals surface area contributed by atoms with Crippen LogP contribution in [0.25, 0.3) is 0 Å². The van der Waals surface area contributed by atoms with Gasteiger partial charge in [-0.2, -0.15) is 4.31 Å². The summed E-state index contributed by atoms with van der Waals surface area (Å²) in [5.74, 6) is 0. The first-order chi connectivity index (χ1) is 9.05. The fraction of sp³-hybridized carbons (Fsp3) is 0.538. The lowest BCUT2D eigenvalue weighted by molar-refractivity contribution is 0.0632. The summed E-state index contributed by atoms with van der Waals surface area (Å²) in [6.45, 7) is 1.03. The SMILES string of the molecule is CN(C1CCOCC1)S(=O)(=O)c1cccc(CO)c1. The number of sulfonamides is 1. The summed E-state index contributed by atoms with van der Waals surface area (Å²) in [5.41, 5.74) is 0.599. The Kier molecular flexibility index (Phi) is 4.57. The standard InChI is InChI=1S/C13H19NO4S/c1-14(12-5-7-18-8-6-12)19(16,17)13-4-2-3-11(9-13)10-15/h2-4,9,12,15H,5-8,10H2,1H3. The quantitative estimate of drug-likeness (QED) is 0.895. The zero-order chi connectivity index (χ0) is 13.9. The first kappa shape index (κ1) is 14.5. The van der Waals surface area contributed by atoms with E-state index in [1.807, 2.05) is 0 Å². The van der Waals surface area contributed by atoms with E-state index < -0.39 is 10.0 Å². The molecule has 19 heavy (non-hydrogen) atoms. The van der Waals surface area contributed by atoms with Gasteiger partial charge in [0.1, 0.15) is 0 Å². The van der Waals surface area contributed by atoms with Crippen molar-refractivity contribution in [3.05, 3.63) is 29.8 Å². The molecule has 0 atom stereocenters. The number of nitrogens with zero attached hydrogens (tertiary/aromatic N) is 1. The van der Waals surface area contributed by atoms with Gasteiger partial charge in [0, 0.05) is 26.3 Å². The summed E-state index contributed by atoms with van der Waals surface area (Å²) < 4.78 is 31.7. The van der Waals surface area contributed by atoms with Gasteiger partial charge in [-0.05, 0) is 30.5 Å². The van der Waals surface area contributed by atoms with Crippen LogP contribution in [0.2, 0.25) is 0 Å². The fourth-order valence-electron chi connectivity index (χ4n) is 2.22. The van der Waals surface area contributed by atoms with Crippen molar-refractivity contribution in [3.8, 4) is 0 Å². The molecule has 1 aromatic carbocycles. The largest absolute Gasteiger partial charge is 0.392 e. The maximum atomic E-state index is 12.5. The second kappa shape index (κ2) is 6.00. The Morgan fingerprint density at radius 2 is 2.05 bits per heavy atom. The molecular weight excluding hydrogens is 266 g/mol. The van der Waals surface area contributed by atoms with Gasteiger partial charge in [-0.25, -0.2) is 8.42 Å². The average molecular weight is 285 g/mol. The van der Waals surface area contributed by atoms with Crippen molar-refractivity contribution in [2.75, 3.05) is 20.3 Å². The zero-order valence-electron chi connectivity index (χ0n) is 10.9. The molecule has 6 heteroatoms. The third-order valence-corrected chi connectivity index (χ3v) is 5.37. The summed E-state index contributed by atoms with van der Waals surface area (Å²) >= 11 is 0. The van der Waals surface area contributed by atoms with Crippen molar-refractivity contribution < 1.29 is 18.3 Å². The minimum atomic E-state index is -3.50. The van der Waals surface area contributed by atoms with Gasteiger partial charge in [0.15, 0.2) is 0 Å². The van der Waals surface area contributed by atoms with Gasteiger partial charge < -0.3 is 9.84 Å². The van der Waals surface area contributed by atoms with Crippen molar-refractivity contribution in [2.24, 2.45) is 0 Å². The molecule has 0 radical (unpaired) electrons. The number of ether oxygens (including phenoxy) is 1. The van der Waals surface area contributed by atoms with Gasteiger partial charge in [-0.1, -0.05) is 12.1 Å². The van der Waals surface area contributed by atoms with Crippen molar-refractivity contribution >= 4 is 10.0 Å². The van der Waals surface area contributed by atoms with Crippen molar-refractivity contribution in [1.29, 1.82) is 0 Å². The van der Waals surface area contributed by atoms with Crippen LogP contribution in [0, 0.1) is 0 Å². The molecule has 2 rings (SSSR count). The molecule has 1 heterocycles. The van der Waals surface area contributed by atoms with E-state index in [-0.39, 0.29) is 17.5 Å². The summed E-state index contributed by atoms with van der Waals surface area (Å²) in [6, 6.07) is 6.41. The highest BCUT2D eigenvalue weighted by Gasteiger charge is 2.29. The minimum absolute atomic E-state index is 0.0171. The maximum absolute atomic E-state index is 12.5. The monoisotopic (exact) mass is 285 g/mol. The number of aliphatic hydroxyl groups is 1. The molecule has 1 aliphatic rings. The van der Waals surface area contributed by atoms with Crippen LogP contribution < -0.4 is 0 Å². The molecule has 0 saturated carbocycles. The Labute approximate surface area is 113 Å². The summed E-state index contributed by atoms with van der Waals surface area (Å²) in [5, 5.41) is 9.09. The number of benzene rings is 1. The lowest BCUT2D eigenvalue weighted by atomic mass is 10.1. The van der Waals surface area contributed by atoms with E-state index in [9.17, 15) is 8.42 Å². The fourth-order valence-corrected chi connectivity index (χ4v) is 3.70. The molecule has 0 spiro atoms. The van der Waals surface area contributed by atoms with Crippen LogP contribution >= 0.6 is 0 Å². The molecule has 1 fully saturated rings. The molecule has 0 aliphatic carbocycles. The second-order valence-corrected chi connectivity index (χ2v) is 6.67. The highest BCUT2D eigenvalue weighted by molar-refractivity contribution is 7.89. The van der Waals surface area contributed by atoms with Gasteiger partial charge >= 0.3 is 0 Å². The molecule has 1 aromatic rings. The highest BCUT2D eigenvalue weighted by Crippen LogP contribution is 2.22. The van der Waals surface area contributed by atoms with Crippen LogP contribution in [-0.4, -0.2) is 44.1 Å². The third kappa shape index (κ3) is 3.14. The molecule has 1 saturated heterocycles. The molecule has 5 nitrogen and oxygen atoms in total. The molecule has 0 bridgehead atoms. The lowest BCUT2D eigenvalue weighted by Gasteiger charge is -2.30. The zero-order valence-corrected chi connectivity index (χ0v) is 11.8. The van der Waals surface area contributed by atoms with Gasteiger partial charge in [0.25, 0.3) is 0 Å². The van der Waals surface area contributed by atoms with Crippen LogP contribution in [0.1, 0.15) is 18.4 Å². The Hall–Kier alpha value is -0.950. The molecule has 1 aliphatic heterocycles. The lowest BCUT2D eigenvalue weighted by Crippen LogP contribution is -2.40. The van der Waals surface area contributed by atoms with Gasteiger partial charge in [-0.3, -0.25) is 0 Å². The first-order valence-corrected chi connectivity index (χ1v) is 7.75. The normalized spacial score (nSPS) is 17.8. The topological polar surface area (TPSA) is 66.8 Å². The Morgan fingerprint density at radius 3 is 2.68 bits per heavy atom. The second-order valence-electron chi connectivity index (χ2n) is 4.67. The van der Waals surface area contributed by atoms with Crippen molar-refractivity contribution in [3.63, 3.8) is 0 Å². The van der Waals surface area contributed by atoms with E-state index in [2.05, 4.69) is 0 Å². The predicted octanol–water partition coefficient (Wildman–Crippen LogP) is 0.978. The summed E-state index contributed by atoms with van der Waals surface area (Å²) in [6.07, 6.45) is 1.44. The average Bonchev–Trinajstić information content (AvgIpc) is 2.47. The molecule has 0 aromatic heterocycles. The van der Waals surface area contributed by atoms with Crippen LogP contribution in [0.15, 0.2) is 29.2 Å². The maximum Gasteiger partial charge on any atom is 0.243 e. The number of hydrogen-bond acceptors (Lipinski definition) is 4. The van der Waals surface area contributed by atoms with Crippen LogP contribution in [0.5, 0.6) is 0 Å². The molecule has 0 amide bonds. The van der Waals surface area contributed by atoms with E-state index in [0.717, 1.165) is 12.8 Å². The van der Waals surface area contributed by atoms with E-state index in [0.29, 0.717) is 18.8 Å². The van der Waals surface area contributed by atoms with Crippen molar-refractivity contribution in [1.82, 2.24) is 4.31 Å². The van der Waals surface area contributed by atoms with E-state index in [4.69, 9.17) is 9.84 Å². The van der Waals surface area contributed by atoms with Gasteiger partial charge in [0.2, 0.25) is 10.0 Å². The van der Waals surface area contributed by atoms with Gasteiger partial charge in [0.05, 0.1) is 11.5 Å². The van der Waals surface area contributed by atoms with Crippen LogP contribution in [0.4, 0.5) is 0 Å². The Morgan fingerprint density at radius 1 is 1.37 bits per heavy atom. The molecular formula is C13H19NO4S. The van der Waals surface area contributed by atoms with Crippen LogP contribution in [-0.2, 0) is 21.4 Å². The molecule has 0 unspecified atom stereocenters. The summed E-state index contributed by atoms with van der Waals surface area (Å²) in [7, 11) is -1.90. The Bertz CT molecular complexity index is 523. The predicted molar refractivity (Wildman–Crippen MR) is 71.2 cm³/mol.